The fourth-order valence-electron chi connectivity index (χ4n) is 3.13. The summed E-state index contributed by atoms with van der Waals surface area (Å²) in [4.78, 5) is 18.9. The predicted molar refractivity (Wildman–Crippen MR) is 80.8 cm³/mol. The monoisotopic (exact) mass is 287 g/mol. The van der Waals surface area contributed by atoms with Crippen molar-refractivity contribution in [3.8, 4) is 0 Å². The van der Waals surface area contributed by atoms with Gasteiger partial charge in [-0.05, 0) is 18.5 Å². The van der Waals surface area contributed by atoms with E-state index in [0.29, 0.717) is 12.6 Å². The van der Waals surface area contributed by atoms with E-state index in [0.717, 1.165) is 40.4 Å². The summed E-state index contributed by atoms with van der Waals surface area (Å²) >= 11 is 1.59. The Morgan fingerprint density at radius 1 is 1.55 bits per heavy atom. The zero-order valence-corrected chi connectivity index (χ0v) is 11.8. The molecule has 102 valence electrons. The van der Waals surface area contributed by atoms with Crippen LogP contribution in [0.15, 0.2) is 36.5 Å². The molecule has 1 aromatic heterocycles. The van der Waals surface area contributed by atoms with Crippen molar-refractivity contribution in [1.82, 2.24) is 10.3 Å². The number of nitrogens with one attached hydrogen (secondary N) is 1. The molecular weight excluding hydrogens is 270 g/mol. The number of carbonyl (C=O) groups excluding carboxylic acids is 1. The number of rotatable bonds is 1. The van der Waals surface area contributed by atoms with E-state index in [4.69, 9.17) is 1.37 Å². The molecule has 2 saturated heterocycles. The molecule has 20 heavy (non-hydrogen) atoms. The highest BCUT2D eigenvalue weighted by molar-refractivity contribution is 7.22. The molecule has 1 unspecified atom stereocenters. The van der Waals surface area contributed by atoms with E-state index in [1.807, 2.05) is 12.1 Å². The van der Waals surface area contributed by atoms with Crippen LogP contribution in [0, 0.1) is 5.41 Å². The number of para-hydroxylation sites is 1. The summed E-state index contributed by atoms with van der Waals surface area (Å²) in [5, 5.41) is 3.76. The van der Waals surface area contributed by atoms with Gasteiger partial charge in [-0.25, -0.2) is 4.98 Å². The number of anilines is 1. The number of aromatic nitrogens is 1. The second-order valence-electron chi connectivity index (χ2n) is 5.57. The van der Waals surface area contributed by atoms with Crippen molar-refractivity contribution in [1.29, 1.82) is 0 Å². The molecule has 1 atom stereocenters. The standard InChI is InChI=1S/C15H15N3OS/c1-10-8-15(13(19)16-10)6-7-18(9-15)14-17-11-4-2-3-5-12(11)20-14/h2-5H,1,6-9H2,(H,16,19)/i4T. The SMILES string of the molecule is [3H]c1cccc2sc(N3CCC4(CC(=C)NC4=O)C3)nc12. The van der Waals surface area contributed by atoms with E-state index in [9.17, 15) is 4.79 Å². The van der Waals surface area contributed by atoms with Crippen molar-refractivity contribution in [3.05, 3.63) is 36.5 Å². The Bertz CT molecular complexity index is 771. The number of amides is 1. The van der Waals surface area contributed by atoms with Gasteiger partial charge in [0.25, 0.3) is 0 Å². The molecule has 0 saturated carbocycles. The van der Waals surface area contributed by atoms with Crippen LogP contribution in [0.2, 0.25) is 0 Å². The van der Waals surface area contributed by atoms with Crippen molar-refractivity contribution in [2.24, 2.45) is 5.41 Å². The molecule has 4 rings (SSSR count). The maximum atomic E-state index is 12.2. The average molecular weight is 287 g/mol. The van der Waals surface area contributed by atoms with Gasteiger partial charge < -0.3 is 10.2 Å². The van der Waals surface area contributed by atoms with Crippen LogP contribution in [0.25, 0.3) is 10.2 Å². The van der Waals surface area contributed by atoms with Gasteiger partial charge in [0.1, 0.15) is 0 Å². The highest BCUT2D eigenvalue weighted by Gasteiger charge is 2.49. The molecule has 5 heteroatoms. The Labute approximate surface area is 122 Å². The highest BCUT2D eigenvalue weighted by Crippen LogP contribution is 2.43. The number of benzene rings is 1. The van der Waals surface area contributed by atoms with E-state index >= 15 is 0 Å². The largest absolute Gasteiger partial charge is 0.347 e. The smallest absolute Gasteiger partial charge is 0.232 e. The molecule has 2 aliphatic rings. The second kappa shape index (κ2) is 4.06. The molecule has 2 fully saturated rings. The average Bonchev–Trinajstić information content (AvgIpc) is 3.09. The third kappa shape index (κ3) is 1.66. The molecule has 1 amide bonds. The number of allylic oxidation sites excluding steroid dienone is 1. The van der Waals surface area contributed by atoms with E-state index < -0.39 is 0 Å². The van der Waals surface area contributed by atoms with Crippen LogP contribution in [0.5, 0.6) is 0 Å². The minimum atomic E-state index is -0.335. The van der Waals surface area contributed by atoms with Crippen molar-refractivity contribution in [3.63, 3.8) is 0 Å². The van der Waals surface area contributed by atoms with Gasteiger partial charge in [-0.2, -0.15) is 0 Å². The first-order chi connectivity index (χ1) is 10.1. The molecule has 0 bridgehead atoms. The summed E-state index contributed by atoms with van der Waals surface area (Å²) in [5.74, 6) is 0.0947. The highest BCUT2D eigenvalue weighted by atomic mass is 32.1. The first-order valence-corrected chi connectivity index (χ1v) is 7.49. The third-order valence-electron chi connectivity index (χ3n) is 4.15. The second-order valence-corrected chi connectivity index (χ2v) is 6.57. The first-order valence-electron chi connectivity index (χ1n) is 7.18. The van der Waals surface area contributed by atoms with Crippen molar-refractivity contribution in [2.45, 2.75) is 12.8 Å². The maximum absolute atomic E-state index is 12.2. The third-order valence-corrected chi connectivity index (χ3v) is 5.24. The molecule has 0 aliphatic carbocycles. The lowest BCUT2D eigenvalue weighted by atomic mass is 9.85. The lowest BCUT2D eigenvalue weighted by Gasteiger charge is -2.20. The topological polar surface area (TPSA) is 45.2 Å². The summed E-state index contributed by atoms with van der Waals surface area (Å²) in [5.41, 5.74) is 1.23. The number of hydrogen-bond donors (Lipinski definition) is 1. The Morgan fingerprint density at radius 3 is 3.20 bits per heavy atom. The van der Waals surface area contributed by atoms with Crippen molar-refractivity contribution < 1.29 is 6.17 Å². The number of nitrogens with zero attached hydrogens (tertiary/aromatic N) is 2. The molecule has 1 N–H and O–H groups in total. The fourth-order valence-corrected chi connectivity index (χ4v) is 4.09. The van der Waals surface area contributed by atoms with Crippen LogP contribution in [0.1, 0.15) is 14.2 Å². The van der Waals surface area contributed by atoms with Gasteiger partial charge in [-0.15, -0.1) is 0 Å². The molecule has 2 aromatic rings. The van der Waals surface area contributed by atoms with Crippen LogP contribution in [0.3, 0.4) is 0 Å². The van der Waals surface area contributed by atoms with Gasteiger partial charge in [0.05, 0.1) is 17.0 Å². The summed E-state index contributed by atoms with van der Waals surface area (Å²) in [6.07, 6.45) is 1.55. The predicted octanol–water partition coefficient (Wildman–Crippen LogP) is 2.53. The number of fused-ring (bicyclic) bond motifs is 1. The molecule has 2 aliphatic heterocycles. The van der Waals surface area contributed by atoms with E-state index in [1.54, 1.807) is 17.4 Å². The van der Waals surface area contributed by atoms with Crippen LogP contribution in [0.4, 0.5) is 5.13 Å². The van der Waals surface area contributed by atoms with Gasteiger partial charge in [0.2, 0.25) is 5.91 Å². The van der Waals surface area contributed by atoms with Crippen LogP contribution in [-0.2, 0) is 4.79 Å². The number of hydrogen-bond acceptors (Lipinski definition) is 4. The number of thiazole rings is 1. The summed E-state index contributed by atoms with van der Waals surface area (Å²) < 4.78 is 8.94. The van der Waals surface area contributed by atoms with E-state index in [1.165, 1.54) is 0 Å². The van der Waals surface area contributed by atoms with Gasteiger partial charge >= 0.3 is 0 Å². The lowest BCUT2D eigenvalue weighted by Crippen LogP contribution is -2.34. The molecule has 1 spiro atoms. The number of carbonyl (C=O) groups is 1. The minimum absolute atomic E-state index is 0.0947. The Kier molecular flexibility index (Phi) is 2.20. The van der Waals surface area contributed by atoms with Crippen LogP contribution >= 0.6 is 11.3 Å². The first kappa shape index (κ1) is 10.9. The zero-order chi connectivity index (χ0) is 14.6. The fraction of sp³-hybridized carbons (Fsp3) is 0.333. The molecule has 0 radical (unpaired) electrons. The molecular formula is C15H15N3OS. The summed E-state index contributed by atoms with van der Waals surface area (Å²) in [6, 6.07) is 6.08. The summed E-state index contributed by atoms with van der Waals surface area (Å²) in [7, 11) is 0. The Balaban J connectivity index is 1.67. The quantitative estimate of drug-likeness (QED) is 0.876. The molecule has 4 nitrogen and oxygen atoms in total. The molecule has 1 aromatic carbocycles. The van der Waals surface area contributed by atoms with E-state index in [2.05, 4.69) is 21.8 Å². The van der Waals surface area contributed by atoms with Crippen LogP contribution < -0.4 is 10.2 Å². The van der Waals surface area contributed by atoms with E-state index in [-0.39, 0.29) is 11.3 Å². The minimum Gasteiger partial charge on any atom is -0.347 e. The molecule has 3 heterocycles. The lowest BCUT2D eigenvalue weighted by molar-refractivity contribution is -0.126. The van der Waals surface area contributed by atoms with Crippen molar-refractivity contribution in [2.75, 3.05) is 18.0 Å². The zero-order valence-electron chi connectivity index (χ0n) is 12.0. The van der Waals surface area contributed by atoms with Gasteiger partial charge in [0.15, 0.2) is 5.13 Å². The maximum Gasteiger partial charge on any atom is 0.232 e. The van der Waals surface area contributed by atoms with Crippen LogP contribution in [-0.4, -0.2) is 24.0 Å². The normalized spacial score (nSPS) is 26.6. The van der Waals surface area contributed by atoms with Gasteiger partial charge in [0, 0.05) is 25.2 Å². The van der Waals surface area contributed by atoms with Gasteiger partial charge in [-0.1, -0.05) is 30.0 Å². The Hall–Kier alpha value is -1.88. The summed E-state index contributed by atoms with van der Waals surface area (Å²) in [6.45, 7) is 5.39. The van der Waals surface area contributed by atoms with Gasteiger partial charge in [-0.3, -0.25) is 4.79 Å². The Morgan fingerprint density at radius 2 is 2.45 bits per heavy atom. The van der Waals surface area contributed by atoms with Crippen molar-refractivity contribution >= 4 is 32.6 Å².